The van der Waals surface area contributed by atoms with Crippen LogP contribution < -0.4 is 4.90 Å². The SMILES string of the molecule is Cc1ccc(N2CCCC2(C)C)c(/C=C/C(=O)O)c1. The van der Waals surface area contributed by atoms with Crippen molar-refractivity contribution in [1.82, 2.24) is 0 Å². The summed E-state index contributed by atoms with van der Waals surface area (Å²) in [6, 6.07) is 6.23. The lowest BCUT2D eigenvalue weighted by Gasteiger charge is -2.35. The van der Waals surface area contributed by atoms with Crippen LogP contribution in [0.1, 0.15) is 37.8 Å². The summed E-state index contributed by atoms with van der Waals surface area (Å²) in [6.07, 6.45) is 5.26. The van der Waals surface area contributed by atoms with E-state index < -0.39 is 5.97 Å². The summed E-state index contributed by atoms with van der Waals surface area (Å²) in [5.74, 6) is -0.909. The Morgan fingerprint density at radius 2 is 2.16 bits per heavy atom. The molecule has 0 unspecified atom stereocenters. The summed E-state index contributed by atoms with van der Waals surface area (Å²) in [5, 5.41) is 8.80. The first kappa shape index (κ1) is 13.7. The van der Waals surface area contributed by atoms with Gasteiger partial charge in [-0.1, -0.05) is 11.6 Å². The first-order valence-electron chi connectivity index (χ1n) is 6.69. The third kappa shape index (κ3) is 2.98. The predicted octanol–water partition coefficient (Wildman–Crippen LogP) is 3.47. The molecule has 1 aliphatic heterocycles. The highest BCUT2D eigenvalue weighted by Crippen LogP contribution is 2.36. The molecule has 2 rings (SSSR count). The van der Waals surface area contributed by atoms with Crippen molar-refractivity contribution in [1.29, 1.82) is 0 Å². The summed E-state index contributed by atoms with van der Waals surface area (Å²) in [4.78, 5) is 13.1. The van der Waals surface area contributed by atoms with Gasteiger partial charge in [0.15, 0.2) is 0 Å². The second kappa shape index (κ2) is 5.08. The molecule has 0 bridgehead atoms. The molecule has 0 aromatic heterocycles. The number of hydrogen-bond acceptors (Lipinski definition) is 2. The number of aliphatic carboxylic acids is 1. The molecule has 0 spiro atoms. The fourth-order valence-corrected chi connectivity index (χ4v) is 2.77. The molecule has 0 saturated carbocycles. The molecule has 102 valence electrons. The topological polar surface area (TPSA) is 40.5 Å². The number of aryl methyl sites for hydroxylation is 1. The molecule has 1 aromatic carbocycles. The van der Waals surface area contributed by atoms with Crippen molar-refractivity contribution in [3.8, 4) is 0 Å². The van der Waals surface area contributed by atoms with Crippen LogP contribution >= 0.6 is 0 Å². The average molecular weight is 259 g/mol. The van der Waals surface area contributed by atoms with Crippen molar-refractivity contribution in [2.45, 2.75) is 39.2 Å². The lowest BCUT2D eigenvalue weighted by atomic mass is 9.99. The number of carboxylic acids is 1. The van der Waals surface area contributed by atoms with E-state index in [0.717, 1.165) is 23.4 Å². The van der Waals surface area contributed by atoms with E-state index in [2.05, 4.69) is 30.9 Å². The number of anilines is 1. The zero-order valence-corrected chi connectivity index (χ0v) is 11.8. The summed E-state index contributed by atoms with van der Waals surface area (Å²) in [7, 11) is 0. The highest BCUT2D eigenvalue weighted by atomic mass is 16.4. The summed E-state index contributed by atoms with van der Waals surface area (Å²) in [6.45, 7) is 7.54. The molecule has 19 heavy (non-hydrogen) atoms. The van der Waals surface area contributed by atoms with Crippen molar-refractivity contribution >= 4 is 17.7 Å². The van der Waals surface area contributed by atoms with Gasteiger partial charge in [-0.2, -0.15) is 0 Å². The van der Waals surface area contributed by atoms with Crippen molar-refractivity contribution < 1.29 is 9.90 Å². The number of nitrogens with zero attached hydrogens (tertiary/aromatic N) is 1. The molecule has 3 heteroatoms. The van der Waals surface area contributed by atoms with E-state index in [4.69, 9.17) is 5.11 Å². The highest BCUT2D eigenvalue weighted by Gasteiger charge is 2.32. The van der Waals surface area contributed by atoms with Crippen LogP contribution in [0.2, 0.25) is 0 Å². The number of carbonyl (C=O) groups is 1. The average Bonchev–Trinajstić information content (AvgIpc) is 2.66. The van der Waals surface area contributed by atoms with Gasteiger partial charge in [-0.25, -0.2) is 4.79 Å². The minimum atomic E-state index is -0.909. The maximum absolute atomic E-state index is 10.7. The molecule has 1 aliphatic rings. The number of hydrogen-bond donors (Lipinski definition) is 1. The number of rotatable bonds is 3. The zero-order valence-electron chi connectivity index (χ0n) is 11.8. The fraction of sp³-hybridized carbons (Fsp3) is 0.438. The van der Waals surface area contributed by atoms with E-state index in [1.807, 2.05) is 13.0 Å². The lowest BCUT2D eigenvalue weighted by molar-refractivity contribution is -0.131. The van der Waals surface area contributed by atoms with Gasteiger partial charge in [-0.05, 0) is 57.4 Å². The molecular weight excluding hydrogens is 238 g/mol. The Labute approximate surface area is 114 Å². The standard InChI is InChI=1S/C16H21NO2/c1-12-5-7-14(13(11-12)6-8-15(18)19)17-10-4-9-16(17,2)3/h5-8,11H,4,9-10H2,1-3H3,(H,18,19)/b8-6+. The monoisotopic (exact) mass is 259 g/mol. The van der Waals surface area contributed by atoms with E-state index in [0.29, 0.717) is 0 Å². The Hall–Kier alpha value is -1.77. The minimum Gasteiger partial charge on any atom is -0.478 e. The van der Waals surface area contributed by atoms with E-state index >= 15 is 0 Å². The highest BCUT2D eigenvalue weighted by molar-refractivity contribution is 5.87. The van der Waals surface area contributed by atoms with Crippen LogP contribution in [0.25, 0.3) is 6.08 Å². The van der Waals surface area contributed by atoms with Crippen molar-refractivity contribution in [3.05, 3.63) is 35.4 Å². The van der Waals surface area contributed by atoms with Crippen LogP contribution in [-0.4, -0.2) is 23.2 Å². The minimum absolute atomic E-state index is 0.140. The lowest BCUT2D eigenvalue weighted by Crippen LogP contribution is -2.38. The molecule has 1 heterocycles. The van der Waals surface area contributed by atoms with Crippen LogP contribution in [0.4, 0.5) is 5.69 Å². The molecule has 1 fully saturated rings. The van der Waals surface area contributed by atoms with E-state index in [1.54, 1.807) is 6.08 Å². The normalized spacial score (nSPS) is 18.2. The summed E-state index contributed by atoms with van der Waals surface area (Å²) in [5.41, 5.74) is 3.40. The largest absolute Gasteiger partial charge is 0.478 e. The molecule has 1 aromatic rings. The van der Waals surface area contributed by atoms with Gasteiger partial charge in [-0.15, -0.1) is 0 Å². The van der Waals surface area contributed by atoms with Crippen LogP contribution in [0, 0.1) is 6.92 Å². The molecule has 0 atom stereocenters. The second-order valence-corrected chi connectivity index (χ2v) is 5.80. The Balaban J connectivity index is 2.42. The van der Waals surface area contributed by atoms with E-state index in [-0.39, 0.29) is 5.54 Å². The van der Waals surface area contributed by atoms with Crippen LogP contribution in [-0.2, 0) is 4.79 Å². The zero-order chi connectivity index (χ0) is 14.0. The molecular formula is C16H21NO2. The predicted molar refractivity (Wildman–Crippen MR) is 78.5 cm³/mol. The smallest absolute Gasteiger partial charge is 0.328 e. The van der Waals surface area contributed by atoms with Gasteiger partial charge in [0.05, 0.1) is 0 Å². The van der Waals surface area contributed by atoms with Gasteiger partial charge in [0.1, 0.15) is 0 Å². The second-order valence-electron chi connectivity index (χ2n) is 5.80. The number of benzene rings is 1. The first-order chi connectivity index (χ1) is 8.90. The molecule has 1 N–H and O–H groups in total. The third-order valence-electron chi connectivity index (χ3n) is 3.78. The van der Waals surface area contributed by atoms with E-state index in [1.165, 1.54) is 18.9 Å². The van der Waals surface area contributed by atoms with Crippen LogP contribution in [0.3, 0.4) is 0 Å². The van der Waals surface area contributed by atoms with Crippen LogP contribution in [0.15, 0.2) is 24.3 Å². The Bertz CT molecular complexity index is 517. The summed E-state index contributed by atoms with van der Waals surface area (Å²) >= 11 is 0. The van der Waals surface area contributed by atoms with Gasteiger partial charge in [0.25, 0.3) is 0 Å². The molecule has 1 saturated heterocycles. The van der Waals surface area contributed by atoms with Gasteiger partial charge in [-0.3, -0.25) is 0 Å². The van der Waals surface area contributed by atoms with Gasteiger partial charge < -0.3 is 10.0 Å². The third-order valence-corrected chi connectivity index (χ3v) is 3.78. The van der Waals surface area contributed by atoms with Crippen molar-refractivity contribution in [2.75, 3.05) is 11.4 Å². The Morgan fingerprint density at radius 3 is 2.74 bits per heavy atom. The van der Waals surface area contributed by atoms with Crippen molar-refractivity contribution in [2.24, 2.45) is 0 Å². The van der Waals surface area contributed by atoms with Crippen molar-refractivity contribution in [3.63, 3.8) is 0 Å². The molecule has 0 amide bonds. The van der Waals surface area contributed by atoms with Gasteiger partial charge >= 0.3 is 5.97 Å². The molecule has 3 nitrogen and oxygen atoms in total. The Morgan fingerprint density at radius 1 is 1.42 bits per heavy atom. The maximum atomic E-state index is 10.7. The Kier molecular flexibility index (Phi) is 3.65. The van der Waals surface area contributed by atoms with E-state index in [9.17, 15) is 4.79 Å². The first-order valence-corrected chi connectivity index (χ1v) is 6.69. The molecule has 0 radical (unpaired) electrons. The number of carboxylic acid groups (broad SMARTS) is 1. The fourth-order valence-electron chi connectivity index (χ4n) is 2.77. The summed E-state index contributed by atoms with van der Waals surface area (Å²) < 4.78 is 0. The van der Waals surface area contributed by atoms with Gasteiger partial charge in [0, 0.05) is 23.8 Å². The quantitative estimate of drug-likeness (QED) is 0.845. The van der Waals surface area contributed by atoms with Crippen LogP contribution in [0.5, 0.6) is 0 Å². The molecule has 0 aliphatic carbocycles. The van der Waals surface area contributed by atoms with Gasteiger partial charge in [0.2, 0.25) is 0 Å². The maximum Gasteiger partial charge on any atom is 0.328 e.